The van der Waals surface area contributed by atoms with Crippen LogP contribution in [0.3, 0.4) is 0 Å². The molecule has 0 saturated carbocycles. The molecule has 3 aromatic rings. The van der Waals surface area contributed by atoms with E-state index in [0.29, 0.717) is 6.61 Å². The first-order valence-corrected chi connectivity index (χ1v) is 9.53. The van der Waals surface area contributed by atoms with Crippen LogP contribution in [0, 0.1) is 26.6 Å². The molecule has 0 saturated heterocycles. The molecule has 0 atom stereocenters. The lowest BCUT2D eigenvalue weighted by Gasteiger charge is -2.19. The number of hydrogen-bond acceptors (Lipinski definition) is 2. The third-order valence-electron chi connectivity index (χ3n) is 4.83. The molecule has 0 N–H and O–H groups in total. The molecule has 0 unspecified atom stereocenters. The monoisotopic (exact) mass is 428 g/mol. The highest BCUT2D eigenvalue weighted by atomic mass is 79.9. The summed E-state index contributed by atoms with van der Waals surface area (Å²) in [6.07, 6.45) is 0. The molecule has 2 nitrogen and oxygen atoms in total. The zero-order chi connectivity index (χ0) is 19.6. The first kappa shape index (κ1) is 19.4. The third-order valence-corrected chi connectivity index (χ3v) is 6.01. The van der Waals surface area contributed by atoms with Gasteiger partial charge in [-0.25, -0.2) is 4.39 Å². The standard InChI is InChI=1S/C23H22BrFO2/c1-14-15(2)22(24)16(3)23(26-4)21(14)18-10-11-20(19(25)12-18)27-13-17-8-6-5-7-9-17/h5-12H,13H2,1-4H3. The zero-order valence-electron chi connectivity index (χ0n) is 15.9. The summed E-state index contributed by atoms with van der Waals surface area (Å²) in [7, 11) is 1.64. The average molecular weight is 429 g/mol. The van der Waals surface area contributed by atoms with E-state index in [0.717, 1.165) is 43.6 Å². The van der Waals surface area contributed by atoms with E-state index in [9.17, 15) is 4.39 Å². The van der Waals surface area contributed by atoms with Gasteiger partial charge in [-0.3, -0.25) is 0 Å². The van der Waals surface area contributed by atoms with Crippen LogP contribution in [0.25, 0.3) is 11.1 Å². The maximum atomic E-state index is 14.7. The minimum absolute atomic E-state index is 0.241. The van der Waals surface area contributed by atoms with E-state index < -0.39 is 0 Å². The third kappa shape index (κ3) is 3.86. The highest BCUT2D eigenvalue weighted by molar-refractivity contribution is 9.10. The van der Waals surface area contributed by atoms with Gasteiger partial charge >= 0.3 is 0 Å². The van der Waals surface area contributed by atoms with Crippen LogP contribution in [-0.4, -0.2) is 7.11 Å². The Balaban J connectivity index is 1.97. The second-order valence-corrected chi connectivity index (χ2v) is 7.31. The molecule has 3 rings (SSSR count). The molecule has 0 fully saturated rings. The predicted molar refractivity (Wildman–Crippen MR) is 111 cm³/mol. The van der Waals surface area contributed by atoms with Crippen molar-refractivity contribution in [3.63, 3.8) is 0 Å². The topological polar surface area (TPSA) is 18.5 Å². The Morgan fingerprint density at radius 3 is 2.26 bits per heavy atom. The van der Waals surface area contributed by atoms with Crippen LogP contribution in [0.2, 0.25) is 0 Å². The lowest BCUT2D eigenvalue weighted by atomic mass is 9.93. The Morgan fingerprint density at radius 1 is 0.926 bits per heavy atom. The maximum Gasteiger partial charge on any atom is 0.165 e. The first-order chi connectivity index (χ1) is 12.9. The summed E-state index contributed by atoms with van der Waals surface area (Å²) in [5, 5.41) is 0. The minimum Gasteiger partial charge on any atom is -0.496 e. The molecular weight excluding hydrogens is 407 g/mol. The Bertz CT molecular complexity index is 968. The molecule has 0 heterocycles. The van der Waals surface area contributed by atoms with Crippen molar-refractivity contribution < 1.29 is 13.9 Å². The minimum atomic E-state index is -0.386. The molecule has 0 aliphatic rings. The second-order valence-electron chi connectivity index (χ2n) is 6.52. The van der Waals surface area contributed by atoms with Gasteiger partial charge in [0.05, 0.1) is 7.11 Å². The van der Waals surface area contributed by atoms with E-state index in [-0.39, 0.29) is 11.6 Å². The molecule has 0 bridgehead atoms. The SMILES string of the molecule is COc1c(C)c(Br)c(C)c(C)c1-c1ccc(OCc2ccccc2)c(F)c1. The van der Waals surface area contributed by atoms with Gasteiger partial charge in [0.1, 0.15) is 12.4 Å². The number of methoxy groups -OCH3 is 1. The van der Waals surface area contributed by atoms with Crippen LogP contribution in [0.4, 0.5) is 4.39 Å². The molecule has 0 spiro atoms. The Labute approximate surface area is 168 Å². The number of rotatable bonds is 5. The van der Waals surface area contributed by atoms with Crippen LogP contribution in [0.15, 0.2) is 53.0 Å². The summed E-state index contributed by atoms with van der Waals surface area (Å²) in [4.78, 5) is 0. The van der Waals surface area contributed by atoms with Crippen LogP contribution in [0.5, 0.6) is 11.5 Å². The lowest BCUT2D eigenvalue weighted by Crippen LogP contribution is -2.00. The van der Waals surface area contributed by atoms with Crippen LogP contribution >= 0.6 is 15.9 Å². The quantitative estimate of drug-likeness (QED) is 0.446. The van der Waals surface area contributed by atoms with Crippen LogP contribution < -0.4 is 9.47 Å². The summed E-state index contributed by atoms with van der Waals surface area (Å²) in [5.74, 6) is 0.607. The molecule has 140 valence electrons. The summed E-state index contributed by atoms with van der Waals surface area (Å²) < 4.78 is 27.0. The van der Waals surface area contributed by atoms with Crippen molar-refractivity contribution >= 4 is 15.9 Å². The van der Waals surface area contributed by atoms with Crippen LogP contribution in [0.1, 0.15) is 22.3 Å². The van der Waals surface area contributed by atoms with Gasteiger partial charge in [0.25, 0.3) is 0 Å². The van der Waals surface area contributed by atoms with Crippen molar-refractivity contribution in [2.75, 3.05) is 7.11 Å². The maximum absolute atomic E-state index is 14.7. The number of benzene rings is 3. The van der Waals surface area contributed by atoms with Gasteiger partial charge in [-0.1, -0.05) is 52.3 Å². The van der Waals surface area contributed by atoms with Crippen LogP contribution in [-0.2, 0) is 6.61 Å². The zero-order valence-corrected chi connectivity index (χ0v) is 17.5. The fourth-order valence-corrected chi connectivity index (χ4v) is 3.68. The number of hydrogen-bond donors (Lipinski definition) is 0. The van der Waals surface area contributed by atoms with Crippen molar-refractivity contribution in [1.82, 2.24) is 0 Å². The van der Waals surface area contributed by atoms with E-state index in [2.05, 4.69) is 15.9 Å². The summed E-state index contributed by atoms with van der Waals surface area (Å²) in [6, 6.07) is 14.8. The average Bonchev–Trinajstić information content (AvgIpc) is 2.68. The highest BCUT2D eigenvalue weighted by Gasteiger charge is 2.19. The van der Waals surface area contributed by atoms with Gasteiger partial charge in [0, 0.05) is 15.6 Å². The van der Waals surface area contributed by atoms with E-state index in [1.165, 1.54) is 6.07 Å². The van der Waals surface area contributed by atoms with Gasteiger partial charge in [-0.05, 0) is 55.2 Å². The van der Waals surface area contributed by atoms with Crippen molar-refractivity contribution in [3.05, 3.63) is 81.1 Å². The van der Waals surface area contributed by atoms with E-state index in [1.807, 2.05) is 57.2 Å². The van der Waals surface area contributed by atoms with E-state index in [1.54, 1.807) is 13.2 Å². The van der Waals surface area contributed by atoms with Gasteiger partial charge < -0.3 is 9.47 Å². The van der Waals surface area contributed by atoms with Gasteiger partial charge in [0.15, 0.2) is 11.6 Å². The molecule has 0 aliphatic carbocycles. The second kappa shape index (κ2) is 8.13. The molecule has 3 aromatic carbocycles. The highest BCUT2D eigenvalue weighted by Crippen LogP contribution is 2.42. The lowest BCUT2D eigenvalue weighted by molar-refractivity contribution is 0.290. The van der Waals surface area contributed by atoms with Crippen molar-refractivity contribution in [2.24, 2.45) is 0 Å². The molecule has 0 aromatic heterocycles. The Hall–Kier alpha value is -2.33. The van der Waals surface area contributed by atoms with Crippen molar-refractivity contribution in [1.29, 1.82) is 0 Å². The molecule has 27 heavy (non-hydrogen) atoms. The Morgan fingerprint density at radius 2 is 1.63 bits per heavy atom. The van der Waals surface area contributed by atoms with Crippen molar-refractivity contribution in [2.45, 2.75) is 27.4 Å². The normalized spacial score (nSPS) is 10.7. The van der Waals surface area contributed by atoms with Gasteiger partial charge in [-0.2, -0.15) is 0 Å². The van der Waals surface area contributed by atoms with E-state index in [4.69, 9.17) is 9.47 Å². The Kier molecular flexibility index (Phi) is 5.85. The number of halogens is 2. The molecule has 0 radical (unpaired) electrons. The fourth-order valence-electron chi connectivity index (χ4n) is 3.20. The van der Waals surface area contributed by atoms with Crippen molar-refractivity contribution in [3.8, 4) is 22.6 Å². The predicted octanol–water partition coefficient (Wildman–Crippen LogP) is 6.77. The summed E-state index contributed by atoms with van der Waals surface area (Å²) >= 11 is 3.62. The smallest absolute Gasteiger partial charge is 0.165 e. The van der Waals surface area contributed by atoms with Gasteiger partial charge in [-0.15, -0.1) is 0 Å². The first-order valence-electron chi connectivity index (χ1n) is 8.74. The molecular formula is C23H22BrFO2. The van der Waals surface area contributed by atoms with E-state index >= 15 is 0 Å². The largest absolute Gasteiger partial charge is 0.496 e. The van der Waals surface area contributed by atoms with Gasteiger partial charge in [0.2, 0.25) is 0 Å². The molecule has 0 amide bonds. The number of ether oxygens (including phenoxy) is 2. The summed E-state index contributed by atoms with van der Waals surface area (Å²) in [5.41, 5.74) is 5.85. The fraction of sp³-hybridized carbons (Fsp3) is 0.217. The summed E-state index contributed by atoms with van der Waals surface area (Å²) in [6.45, 7) is 6.39. The molecule has 0 aliphatic heterocycles. The molecule has 4 heteroatoms.